The van der Waals surface area contributed by atoms with Crippen LogP contribution in [0.2, 0.25) is 0 Å². The van der Waals surface area contributed by atoms with E-state index in [0.29, 0.717) is 25.9 Å². The quantitative estimate of drug-likeness (QED) is 0.0320. The molecular weight excluding hydrogens is 911 g/mol. The van der Waals surface area contributed by atoms with Crippen LogP contribution in [0.15, 0.2) is 24.3 Å². The molecule has 438 valence electrons. The van der Waals surface area contributed by atoms with E-state index in [9.17, 15) is 19.8 Å². The van der Waals surface area contributed by atoms with E-state index in [1.54, 1.807) is 0 Å². The lowest BCUT2D eigenvalue weighted by Crippen LogP contribution is -2.45. The Morgan fingerprint density at radius 3 is 1.05 bits per heavy atom. The molecule has 74 heavy (non-hydrogen) atoms. The molecule has 0 aliphatic heterocycles. The first-order valence-electron chi connectivity index (χ1n) is 33.6. The van der Waals surface area contributed by atoms with Gasteiger partial charge in [-0.05, 0) is 57.8 Å². The first kappa shape index (κ1) is 72.3. The van der Waals surface area contributed by atoms with Crippen LogP contribution in [0.3, 0.4) is 0 Å². The lowest BCUT2D eigenvalue weighted by Gasteiger charge is -2.22. The highest BCUT2D eigenvalue weighted by atomic mass is 16.5. The summed E-state index contributed by atoms with van der Waals surface area (Å²) < 4.78 is 5.48. The Morgan fingerprint density at radius 1 is 0.378 bits per heavy atom. The maximum atomic E-state index is 12.5. The van der Waals surface area contributed by atoms with Crippen molar-refractivity contribution in [3.05, 3.63) is 24.3 Å². The fraction of sp³-hybridized carbons (Fsp3) is 0.912. The molecule has 0 heterocycles. The van der Waals surface area contributed by atoms with E-state index in [-0.39, 0.29) is 18.5 Å². The van der Waals surface area contributed by atoms with Crippen LogP contribution in [0.1, 0.15) is 373 Å². The number of rotatable bonds is 63. The van der Waals surface area contributed by atoms with Crippen LogP contribution in [0, 0.1) is 0 Å². The number of unbranched alkanes of at least 4 members (excludes halogenated alkanes) is 48. The summed E-state index contributed by atoms with van der Waals surface area (Å²) in [5.41, 5.74) is 0. The van der Waals surface area contributed by atoms with Gasteiger partial charge in [0.2, 0.25) is 5.91 Å². The average molecular weight is 1040 g/mol. The maximum absolute atomic E-state index is 12.5. The second-order valence-electron chi connectivity index (χ2n) is 23.2. The molecular formula is C68H131NO5. The molecule has 0 spiro atoms. The number of hydrogen-bond acceptors (Lipinski definition) is 5. The number of allylic oxidation sites excluding steroid dienone is 4. The lowest BCUT2D eigenvalue weighted by molar-refractivity contribution is -0.143. The van der Waals surface area contributed by atoms with Crippen LogP contribution < -0.4 is 5.32 Å². The number of aliphatic hydroxyl groups is 2. The van der Waals surface area contributed by atoms with Crippen molar-refractivity contribution in [2.75, 3.05) is 13.2 Å². The van der Waals surface area contributed by atoms with Gasteiger partial charge in [0, 0.05) is 12.8 Å². The molecule has 0 aliphatic rings. The Bertz CT molecular complexity index is 1150. The third-order valence-electron chi connectivity index (χ3n) is 15.8. The minimum absolute atomic E-state index is 0.00249. The fourth-order valence-corrected chi connectivity index (χ4v) is 10.6. The van der Waals surface area contributed by atoms with Crippen molar-refractivity contribution >= 4 is 11.9 Å². The summed E-state index contributed by atoms with van der Waals surface area (Å²) in [5, 5.41) is 23.4. The van der Waals surface area contributed by atoms with Crippen LogP contribution in [0.4, 0.5) is 0 Å². The Kier molecular flexibility index (Phi) is 62.4. The zero-order chi connectivity index (χ0) is 53.6. The van der Waals surface area contributed by atoms with Crippen molar-refractivity contribution in [2.24, 2.45) is 0 Å². The van der Waals surface area contributed by atoms with E-state index in [4.69, 9.17) is 4.74 Å². The van der Waals surface area contributed by atoms with Crippen LogP contribution >= 0.6 is 0 Å². The largest absolute Gasteiger partial charge is 0.466 e. The molecule has 0 aromatic heterocycles. The Labute approximate surface area is 462 Å². The normalized spacial score (nSPS) is 12.6. The zero-order valence-electron chi connectivity index (χ0n) is 50.1. The summed E-state index contributed by atoms with van der Waals surface area (Å²) >= 11 is 0. The average Bonchev–Trinajstić information content (AvgIpc) is 3.40. The van der Waals surface area contributed by atoms with Crippen molar-refractivity contribution in [3.63, 3.8) is 0 Å². The molecule has 2 atom stereocenters. The Morgan fingerprint density at radius 2 is 0.676 bits per heavy atom. The van der Waals surface area contributed by atoms with Crippen LogP contribution in [-0.4, -0.2) is 47.4 Å². The SMILES string of the molecule is CCCCC/C=C\C/C=C\CCCCCCCC(=O)OCCCCCCCCCCCCCCCCCCCCCCC(=O)NC(CO)C(O)CCCCCCCCCCCCCCCCCCCCCCCC. The molecule has 0 rings (SSSR count). The molecule has 0 fully saturated rings. The highest BCUT2D eigenvalue weighted by molar-refractivity contribution is 5.76. The van der Waals surface area contributed by atoms with Crippen molar-refractivity contribution in [2.45, 2.75) is 386 Å². The number of amides is 1. The molecule has 6 heteroatoms. The number of esters is 1. The first-order valence-corrected chi connectivity index (χ1v) is 33.6. The second kappa shape index (κ2) is 63.9. The smallest absolute Gasteiger partial charge is 0.305 e. The predicted octanol–water partition coefficient (Wildman–Crippen LogP) is 21.4. The van der Waals surface area contributed by atoms with Gasteiger partial charge < -0.3 is 20.3 Å². The van der Waals surface area contributed by atoms with E-state index in [0.717, 1.165) is 51.4 Å². The molecule has 0 bridgehead atoms. The Hall–Kier alpha value is -1.66. The summed E-state index contributed by atoms with van der Waals surface area (Å²) in [7, 11) is 0. The monoisotopic (exact) mass is 1040 g/mol. The van der Waals surface area contributed by atoms with Gasteiger partial charge in [-0.15, -0.1) is 0 Å². The van der Waals surface area contributed by atoms with Gasteiger partial charge in [-0.25, -0.2) is 0 Å². The molecule has 0 aromatic carbocycles. The molecule has 3 N–H and O–H groups in total. The number of nitrogens with one attached hydrogen (secondary N) is 1. The summed E-state index contributed by atoms with van der Waals surface area (Å²) in [6.45, 7) is 4.95. The fourth-order valence-electron chi connectivity index (χ4n) is 10.6. The van der Waals surface area contributed by atoms with Gasteiger partial charge in [-0.3, -0.25) is 9.59 Å². The van der Waals surface area contributed by atoms with Crippen molar-refractivity contribution in [3.8, 4) is 0 Å². The molecule has 0 aromatic rings. The van der Waals surface area contributed by atoms with Crippen molar-refractivity contribution < 1.29 is 24.5 Å². The van der Waals surface area contributed by atoms with Gasteiger partial charge >= 0.3 is 5.97 Å². The molecule has 2 unspecified atom stereocenters. The first-order chi connectivity index (χ1) is 36.5. The highest BCUT2D eigenvalue weighted by Crippen LogP contribution is 2.19. The number of aliphatic hydroxyl groups excluding tert-OH is 2. The van der Waals surface area contributed by atoms with E-state index in [1.165, 1.54) is 289 Å². The van der Waals surface area contributed by atoms with Gasteiger partial charge in [0.1, 0.15) is 0 Å². The maximum Gasteiger partial charge on any atom is 0.305 e. The summed E-state index contributed by atoms with van der Waals surface area (Å²) in [4.78, 5) is 24.6. The molecule has 0 saturated carbocycles. The minimum atomic E-state index is -0.667. The van der Waals surface area contributed by atoms with Gasteiger partial charge in [0.05, 0.1) is 25.4 Å². The number of carbonyl (C=O) groups is 2. The van der Waals surface area contributed by atoms with Crippen LogP contribution in [-0.2, 0) is 14.3 Å². The second-order valence-corrected chi connectivity index (χ2v) is 23.2. The Balaban J connectivity index is 3.40. The van der Waals surface area contributed by atoms with E-state index < -0.39 is 12.1 Å². The summed E-state index contributed by atoms with van der Waals surface area (Å²) in [6.07, 6.45) is 79.1. The van der Waals surface area contributed by atoms with Crippen LogP contribution in [0.25, 0.3) is 0 Å². The van der Waals surface area contributed by atoms with Gasteiger partial charge in [0.25, 0.3) is 0 Å². The molecule has 0 radical (unpaired) electrons. The van der Waals surface area contributed by atoms with E-state index >= 15 is 0 Å². The number of ether oxygens (including phenoxy) is 1. The topological polar surface area (TPSA) is 95.9 Å². The summed E-state index contributed by atoms with van der Waals surface area (Å²) in [6, 6.07) is -0.544. The lowest BCUT2D eigenvalue weighted by atomic mass is 10.0. The molecule has 6 nitrogen and oxygen atoms in total. The van der Waals surface area contributed by atoms with Gasteiger partial charge in [-0.2, -0.15) is 0 Å². The number of hydrogen-bond donors (Lipinski definition) is 3. The summed E-state index contributed by atoms with van der Waals surface area (Å²) in [5.74, 6) is -0.0355. The third-order valence-corrected chi connectivity index (χ3v) is 15.8. The zero-order valence-corrected chi connectivity index (χ0v) is 50.1. The third kappa shape index (κ3) is 59.6. The predicted molar refractivity (Wildman–Crippen MR) is 324 cm³/mol. The molecule has 0 aliphatic carbocycles. The molecule has 1 amide bonds. The number of carbonyl (C=O) groups excluding carboxylic acids is 2. The van der Waals surface area contributed by atoms with Crippen LogP contribution in [0.5, 0.6) is 0 Å². The van der Waals surface area contributed by atoms with Crippen molar-refractivity contribution in [1.29, 1.82) is 0 Å². The van der Waals surface area contributed by atoms with Gasteiger partial charge in [0.15, 0.2) is 0 Å². The van der Waals surface area contributed by atoms with Gasteiger partial charge in [-0.1, -0.05) is 327 Å². The van der Waals surface area contributed by atoms with E-state index in [1.807, 2.05) is 0 Å². The molecule has 0 saturated heterocycles. The highest BCUT2D eigenvalue weighted by Gasteiger charge is 2.20. The standard InChI is InChI=1S/C68H131NO5/c1-3-5-7-9-11-13-15-17-19-20-21-22-23-26-29-33-36-40-44-48-52-56-60-66(71)65(64-70)69-67(72)61-57-53-49-45-41-37-34-30-27-24-25-28-31-35-39-43-47-51-55-59-63-74-68(73)62-58-54-50-46-42-38-32-18-16-14-12-10-8-6-4-2/h12,14,18,32,65-66,70-71H,3-11,13,15-17,19-31,33-64H2,1-2H3,(H,69,72)/b14-12-,32-18-. The van der Waals surface area contributed by atoms with E-state index in [2.05, 4.69) is 43.5 Å². The minimum Gasteiger partial charge on any atom is -0.466 e. The van der Waals surface area contributed by atoms with Crippen molar-refractivity contribution in [1.82, 2.24) is 5.32 Å².